The Kier molecular flexibility index (Phi) is 2.59. The van der Waals surface area contributed by atoms with E-state index in [0.29, 0.717) is 0 Å². The Balaban J connectivity index is 2.27. The zero-order valence-electron chi connectivity index (χ0n) is 10.8. The number of pyridine rings is 1. The number of methoxy groups -OCH3 is 1. The second-order valence-corrected chi connectivity index (χ2v) is 4.32. The summed E-state index contributed by atoms with van der Waals surface area (Å²) in [5, 5.41) is 8.41. The summed E-state index contributed by atoms with van der Waals surface area (Å²) in [5.74, 6) is 1.55. The van der Waals surface area contributed by atoms with Crippen LogP contribution in [0.3, 0.4) is 0 Å². The zero-order chi connectivity index (χ0) is 13.4. The van der Waals surface area contributed by atoms with Gasteiger partial charge in [-0.2, -0.15) is 0 Å². The molecule has 19 heavy (non-hydrogen) atoms. The smallest absolute Gasteiger partial charge is 0.168 e. The van der Waals surface area contributed by atoms with E-state index in [1.807, 2.05) is 47.7 Å². The van der Waals surface area contributed by atoms with Gasteiger partial charge in [-0.1, -0.05) is 12.1 Å². The molecule has 0 saturated heterocycles. The minimum absolute atomic E-state index is 0.719. The Morgan fingerprint density at radius 2 is 2.00 bits per heavy atom. The van der Waals surface area contributed by atoms with E-state index in [1.54, 1.807) is 7.11 Å². The predicted molar refractivity (Wildman–Crippen MR) is 74.1 cm³/mol. The van der Waals surface area contributed by atoms with Crippen molar-refractivity contribution in [1.82, 2.24) is 14.6 Å². The van der Waals surface area contributed by atoms with Gasteiger partial charge in [-0.05, 0) is 31.2 Å². The number of aryl methyl sites for hydroxylation is 1. The molecule has 0 atom stereocenters. The fraction of sp³-hybridized carbons (Fsp3) is 0.143. The van der Waals surface area contributed by atoms with Crippen LogP contribution >= 0.6 is 0 Å². The van der Waals surface area contributed by atoms with E-state index < -0.39 is 0 Å². The molecule has 5 nitrogen and oxygen atoms in total. The Morgan fingerprint density at radius 1 is 1.16 bits per heavy atom. The molecule has 3 aromatic rings. The molecule has 0 radical (unpaired) electrons. The molecule has 0 aliphatic rings. The van der Waals surface area contributed by atoms with Gasteiger partial charge in [0.1, 0.15) is 5.75 Å². The average molecular weight is 254 g/mol. The van der Waals surface area contributed by atoms with Crippen LogP contribution in [0.2, 0.25) is 0 Å². The molecule has 0 amide bonds. The lowest BCUT2D eigenvalue weighted by molar-refractivity contribution is 0.415. The van der Waals surface area contributed by atoms with Crippen LogP contribution in [0.4, 0.5) is 5.69 Å². The van der Waals surface area contributed by atoms with E-state index in [2.05, 4.69) is 10.2 Å². The van der Waals surface area contributed by atoms with Gasteiger partial charge in [-0.15, -0.1) is 10.2 Å². The lowest BCUT2D eigenvalue weighted by atomic mass is 10.2. The number of fused-ring (bicyclic) bond motifs is 1. The first-order valence-electron chi connectivity index (χ1n) is 5.95. The van der Waals surface area contributed by atoms with Crippen LogP contribution in [0.15, 0.2) is 36.4 Å². The van der Waals surface area contributed by atoms with Gasteiger partial charge in [0.05, 0.1) is 12.8 Å². The van der Waals surface area contributed by atoms with Gasteiger partial charge in [0.2, 0.25) is 0 Å². The first-order valence-corrected chi connectivity index (χ1v) is 5.95. The number of benzene rings is 1. The molecule has 96 valence electrons. The largest absolute Gasteiger partial charge is 0.497 e. The SMILES string of the molecule is COc1cccc(-c2nnc3ccc(N)c(C)n23)c1. The quantitative estimate of drug-likeness (QED) is 0.762. The van der Waals surface area contributed by atoms with Crippen molar-refractivity contribution >= 4 is 11.3 Å². The average Bonchev–Trinajstić information content (AvgIpc) is 2.87. The molecule has 0 aliphatic carbocycles. The van der Waals surface area contributed by atoms with Gasteiger partial charge < -0.3 is 10.5 Å². The minimum Gasteiger partial charge on any atom is -0.497 e. The Morgan fingerprint density at radius 3 is 2.79 bits per heavy atom. The van der Waals surface area contributed by atoms with E-state index in [9.17, 15) is 0 Å². The van der Waals surface area contributed by atoms with Gasteiger partial charge in [0, 0.05) is 11.3 Å². The molecule has 0 bridgehead atoms. The van der Waals surface area contributed by atoms with Gasteiger partial charge in [0.25, 0.3) is 0 Å². The first-order chi connectivity index (χ1) is 9.20. The molecule has 0 unspecified atom stereocenters. The highest BCUT2D eigenvalue weighted by Gasteiger charge is 2.11. The fourth-order valence-corrected chi connectivity index (χ4v) is 2.10. The number of nitrogens with zero attached hydrogens (tertiary/aromatic N) is 3. The molecule has 3 rings (SSSR count). The number of aromatic nitrogens is 3. The molecule has 2 aromatic heterocycles. The molecular weight excluding hydrogens is 240 g/mol. The minimum atomic E-state index is 0.719. The van der Waals surface area contributed by atoms with Crippen molar-refractivity contribution in [2.24, 2.45) is 0 Å². The normalized spacial score (nSPS) is 10.8. The summed E-state index contributed by atoms with van der Waals surface area (Å²) in [6, 6.07) is 11.4. The molecular formula is C14H14N4O. The molecule has 0 saturated carbocycles. The summed E-state index contributed by atoms with van der Waals surface area (Å²) in [6.07, 6.45) is 0. The van der Waals surface area contributed by atoms with Crippen molar-refractivity contribution in [2.45, 2.75) is 6.92 Å². The molecule has 0 aliphatic heterocycles. The lowest BCUT2D eigenvalue weighted by Gasteiger charge is -2.07. The topological polar surface area (TPSA) is 65.4 Å². The van der Waals surface area contributed by atoms with Crippen molar-refractivity contribution in [1.29, 1.82) is 0 Å². The monoisotopic (exact) mass is 254 g/mol. The van der Waals surface area contributed by atoms with Crippen molar-refractivity contribution in [2.75, 3.05) is 12.8 Å². The zero-order valence-corrected chi connectivity index (χ0v) is 10.8. The summed E-state index contributed by atoms with van der Waals surface area (Å²) in [6.45, 7) is 1.95. The van der Waals surface area contributed by atoms with Crippen LogP contribution in [-0.4, -0.2) is 21.7 Å². The Labute approximate surface area is 110 Å². The number of nitrogen functional groups attached to an aromatic ring is 1. The number of nitrogens with two attached hydrogens (primary N) is 1. The van der Waals surface area contributed by atoms with Crippen molar-refractivity contribution in [3.05, 3.63) is 42.1 Å². The second-order valence-electron chi connectivity index (χ2n) is 4.32. The van der Waals surface area contributed by atoms with Crippen LogP contribution < -0.4 is 10.5 Å². The van der Waals surface area contributed by atoms with Gasteiger partial charge in [-0.3, -0.25) is 4.40 Å². The predicted octanol–water partition coefficient (Wildman–Crippen LogP) is 2.30. The van der Waals surface area contributed by atoms with E-state index in [4.69, 9.17) is 10.5 Å². The number of hydrogen-bond donors (Lipinski definition) is 1. The van der Waals surface area contributed by atoms with Crippen molar-refractivity contribution in [3.63, 3.8) is 0 Å². The third kappa shape index (κ3) is 1.79. The highest BCUT2D eigenvalue weighted by Crippen LogP contribution is 2.25. The number of ether oxygens (including phenoxy) is 1. The van der Waals surface area contributed by atoms with E-state index in [1.165, 1.54) is 0 Å². The summed E-state index contributed by atoms with van der Waals surface area (Å²) in [5.41, 5.74) is 9.32. The van der Waals surface area contributed by atoms with Crippen LogP contribution in [0.1, 0.15) is 5.69 Å². The number of rotatable bonds is 2. The van der Waals surface area contributed by atoms with Gasteiger partial charge >= 0.3 is 0 Å². The van der Waals surface area contributed by atoms with Crippen molar-refractivity contribution < 1.29 is 4.74 Å². The standard InChI is InChI=1S/C14H14N4O/c1-9-12(15)6-7-13-16-17-14(18(9)13)10-4-3-5-11(8-10)19-2/h3-8H,15H2,1-2H3. The maximum atomic E-state index is 5.95. The number of anilines is 1. The van der Waals surface area contributed by atoms with Crippen LogP contribution in [0.25, 0.3) is 17.0 Å². The van der Waals surface area contributed by atoms with Crippen LogP contribution in [0, 0.1) is 6.92 Å². The third-order valence-corrected chi connectivity index (χ3v) is 3.18. The Hall–Kier alpha value is -2.56. The maximum absolute atomic E-state index is 5.95. The highest BCUT2D eigenvalue weighted by molar-refractivity contribution is 5.64. The van der Waals surface area contributed by atoms with E-state index >= 15 is 0 Å². The summed E-state index contributed by atoms with van der Waals surface area (Å²) in [7, 11) is 1.64. The Bertz CT molecular complexity index is 748. The summed E-state index contributed by atoms with van der Waals surface area (Å²) in [4.78, 5) is 0. The maximum Gasteiger partial charge on any atom is 0.168 e. The summed E-state index contributed by atoms with van der Waals surface area (Å²) < 4.78 is 7.19. The molecule has 5 heteroatoms. The van der Waals surface area contributed by atoms with Crippen molar-refractivity contribution in [3.8, 4) is 17.1 Å². The molecule has 0 fully saturated rings. The van der Waals surface area contributed by atoms with Crippen LogP contribution in [0.5, 0.6) is 5.75 Å². The summed E-state index contributed by atoms with van der Waals surface area (Å²) >= 11 is 0. The third-order valence-electron chi connectivity index (χ3n) is 3.18. The van der Waals surface area contributed by atoms with Gasteiger partial charge in [0.15, 0.2) is 11.5 Å². The van der Waals surface area contributed by atoms with Gasteiger partial charge in [-0.25, -0.2) is 0 Å². The van der Waals surface area contributed by atoms with Crippen LogP contribution in [-0.2, 0) is 0 Å². The molecule has 2 heterocycles. The highest BCUT2D eigenvalue weighted by atomic mass is 16.5. The molecule has 0 spiro atoms. The second kappa shape index (κ2) is 4.28. The first kappa shape index (κ1) is 11.5. The van der Waals surface area contributed by atoms with E-state index in [0.717, 1.165) is 34.2 Å². The fourth-order valence-electron chi connectivity index (χ4n) is 2.10. The van der Waals surface area contributed by atoms with E-state index in [-0.39, 0.29) is 0 Å². The lowest BCUT2D eigenvalue weighted by Crippen LogP contribution is -1.99. The number of hydrogen-bond acceptors (Lipinski definition) is 4. The molecule has 2 N–H and O–H groups in total. The molecule has 1 aromatic carbocycles.